The molecule has 1 aliphatic rings. The third-order valence-electron chi connectivity index (χ3n) is 3.60. The van der Waals surface area contributed by atoms with Crippen molar-refractivity contribution in [1.29, 1.82) is 0 Å². The molecule has 1 aromatic heterocycles. The molecular formula is C13H21N5O2S. The summed E-state index contributed by atoms with van der Waals surface area (Å²) in [6, 6.07) is 0. The van der Waals surface area contributed by atoms with Gasteiger partial charge in [-0.15, -0.1) is 0 Å². The van der Waals surface area contributed by atoms with Gasteiger partial charge in [0.25, 0.3) is 5.91 Å². The van der Waals surface area contributed by atoms with Gasteiger partial charge in [-0.25, -0.2) is 4.98 Å². The lowest BCUT2D eigenvalue weighted by atomic mass is 9.96. The summed E-state index contributed by atoms with van der Waals surface area (Å²) in [6.45, 7) is 3.58. The van der Waals surface area contributed by atoms with E-state index in [0.29, 0.717) is 35.6 Å². The molecule has 0 saturated carbocycles. The molecule has 0 atom stereocenters. The Morgan fingerprint density at radius 3 is 2.62 bits per heavy atom. The summed E-state index contributed by atoms with van der Waals surface area (Å²) >= 11 is 1.28. The lowest BCUT2D eigenvalue weighted by Gasteiger charge is -2.31. The SMILES string of the molecule is CNc1nc(N)c(C(=O)N2CCC(CNC(C)=O)CC2)s1. The number of piperidine rings is 1. The standard InChI is InChI=1S/C13H21N5O2S/c1-8(19)16-7-9-3-5-18(6-4-9)12(20)10-11(14)17-13(15-2)21-10/h9H,3-7,14H2,1-2H3,(H,15,17)(H,16,19). The molecule has 2 amide bonds. The summed E-state index contributed by atoms with van der Waals surface area (Å²) in [5, 5.41) is 6.38. The van der Waals surface area contributed by atoms with Crippen molar-refractivity contribution in [3.05, 3.63) is 4.88 Å². The zero-order valence-corrected chi connectivity index (χ0v) is 13.1. The van der Waals surface area contributed by atoms with Gasteiger partial charge in [-0.3, -0.25) is 9.59 Å². The first-order valence-corrected chi connectivity index (χ1v) is 7.80. The van der Waals surface area contributed by atoms with Gasteiger partial charge in [-0.05, 0) is 18.8 Å². The minimum atomic E-state index is -0.0514. The van der Waals surface area contributed by atoms with Crippen LogP contribution in [0, 0.1) is 5.92 Å². The van der Waals surface area contributed by atoms with Gasteiger partial charge < -0.3 is 21.3 Å². The van der Waals surface area contributed by atoms with E-state index in [2.05, 4.69) is 15.6 Å². The Bertz CT molecular complexity index is 523. The second kappa shape index (κ2) is 6.75. The van der Waals surface area contributed by atoms with Crippen molar-refractivity contribution in [1.82, 2.24) is 15.2 Å². The number of thiazole rings is 1. The topological polar surface area (TPSA) is 100 Å². The van der Waals surface area contributed by atoms with Crippen molar-refractivity contribution in [3.63, 3.8) is 0 Å². The van der Waals surface area contributed by atoms with E-state index in [0.717, 1.165) is 12.8 Å². The van der Waals surface area contributed by atoms with E-state index in [1.807, 2.05) is 4.90 Å². The first-order valence-electron chi connectivity index (χ1n) is 6.99. The molecule has 0 aliphatic carbocycles. The van der Waals surface area contributed by atoms with Crippen molar-refractivity contribution < 1.29 is 9.59 Å². The molecular weight excluding hydrogens is 290 g/mol. The summed E-state index contributed by atoms with van der Waals surface area (Å²) in [6.07, 6.45) is 1.78. The molecule has 116 valence electrons. The van der Waals surface area contributed by atoms with Crippen LogP contribution in [0.1, 0.15) is 29.4 Å². The van der Waals surface area contributed by atoms with Gasteiger partial charge in [-0.1, -0.05) is 11.3 Å². The number of anilines is 2. The van der Waals surface area contributed by atoms with Crippen LogP contribution in [-0.2, 0) is 4.79 Å². The molecule has 21 heavy (non-hydrogen) atoms. The minimum absolute atomic E-state index is 0.00876. The van der Waals surface area contributed by atoms with Crippen LogP contribution in [0.15, 0.2) is 0 Å². The van der Waals surface area contributed by atoms with E-state index < -0.39 is 0 Å². The largest absolute Gasteiger partial charge is 0.382 e. The third-order valence-corrected chi connectivity index (χ3v) is 4.68. The lowest BCUT2D eigenvalue weighted by molar-refractivity contribution is -0.119. The fourth-order valence-corrected chi connectivity index (χ4v) is 3.17. The van der Waals surface area contributed by atoms with E-state index >= 15 is 0 Å². The predicted octanol–water partition coefficient (Wildman–Crippen LogP) is 0.755. The van der Waals surface area contributed by atoms with Crippen LogP contribution < -0.4 is 16.4 Å². The molecule has 2 rings (SSSR count). The zero-order chi connectivity index (χ0) is 15.4. The first-order chi connectivity index (χ1) is 10.0. The van der Waals surface area contributed by atoms with Crippen molar-refractivity contribution >= 4 is 34.1 Å². The van der Waals surface area contributed by atoms with Crippen molar-refractivity contribution in [2.45, 2.75) is 19.8 Å². The smallest absolute Gasteiger partial charge is 0.267 e. The fraction of sp³-hybridized carbons (Fsp3) is 0.615. The van der Waals surface area contributed by atoms with Crippen LogP contribution in [0.2, 0.25) is 0 Å². The van der Waals surface area contributed by atoms with Crippen molar-refractivity contribution in [2.75, 3.05) is 37.7 Å². The van der Waals surface area contributed by atoms with Crippen molar-refractivity contribution in [3.8, 4) is 0 Å². The molecule has 0 aromatic carbocycles. The summed E-state index contributed by atoms with van der Waals surface area (Å²) < 4.78 is 0. The van der Waals surface area contributed by atoms with Gasteiger partial charge in [-0.2, -0.15) is 0 Å². The number of nitrogens with zero attached hydrogens (tertiary/aromatic N) is 2. The van der Waals surface area contributed by atoms with E-state index in [1.54, 1.807) is 7.05 Å². The zero-order valence-electron chi connectivity index (χ0n) is 12.3. The molecule has 0 bridgehead atoms. The number of nitrogen functional groups attached to an aromatic ring is 1. The van der Waals surface area contributed by atoms with Gasteiger partial charge in [0.2, 0.25) is 5.91 Å². The number of likely N-dealkylation sites (tertiary alicyclic amines) is 1. The highest BCUT2D eigenvalue weighted by atomic mass is 32.1. The first kappa shape index (κ1) is 15.6. The summed E-state index contributed by atoms with van der Waals surface area (Å²) in [5.74, 6) is 0.661. The number of amides is 2. The molecule has 4 N–H and O–H groups in total. The van der Waals surface area contributed by atoms with Crippen LogP contribution in [0.25, 0.3) is 0 Å². The average Bonchev–Trinajstić information content (AvgIpc) is 2.86. The summed E-state index contributed by atoms with van der Waals surface area (Å²) in [7, 11) is 1.75. The van der Waals surface area contributed by atoms with Crippen molar-refractivity contribution in [2.24, 2.45) is 5.92 Å². The lowest BCUT2D eigenvalue weighted by Crippen LogP contribution is -2.41. The number of hydrogen-bond acceptors (Lipinski definition) is 6. The monoisotopic (exact) mass is 311 g/mol. The Hall–Kier alpha value is -1.83. The number of carbonyl (C=O) groups is 2. The summed E-state index contributed by atoms with van der Waals surface area (Å²) in [5.41, 5.74) is 5.80. The Morgan fingerprint density at radius 1 is 1.43 bits per heavy atom. The second-order valence-electron chi connectivity index (χ2n) is 5.16. The van der Waals surface area contributed by atoms with Crippen LogP contribution >= 0.6 is 11.3 Å². The van der Waals surface area contributed by atoms with Crippen LogP contribution in [0.4, 0.5) is 10.9 Å². The van der Waals surface area contributed by atoms with Crippen LogP contribution in [0.5, 0.6) is 0 Å². The normalized spacial score (nSPS) is 15.8. The van der Waals surface area contributed by atoms with E-state index in [9.17, 15) is 9.59 Å². The quantitative estimate of drug-likeness (QED) is 0.762. The molecule has 0 radical (unpaired) electrons. The number of carbonyl (C=O) groups excluding carboxylic acids is 2. The number of nitrogens with two attached hydrogens (primary N) is 1. The number of hydrogen-bond donors (Lipinski definition) is 3. The second-order valence-corrected chi connectivity index (χ2v) is 6.16. The predicted molar refractivity (Wildman–Crippen MR) is 83.4 cm³/mol. The van der Waals surface area contributed by atoms with Gasteiger partial charge >= 0.3 is 0 Å². The Kier molecular flexibility index (Phi) is 5.00. The van der Waals surface area contributed by atoms with Gasteiger partial charge in [0.1, 0.15) is 10.7 Å². The molecule has 7 nitrogen and oxygen atoms in total. The minimum Gasteiger partial charge on any atom is -0.382 e. The summed E-state index contributed by atoms with van der Waals surface area (Å²) in [4.78, 5) is 29.8. The van der Waals surface area contributed by atoms with E-state index in [1.165, 1.54) is 18.3 Å². The average molecular weight is 311 g/mol. The molecule has 8 heteroatoms. The molecule has 1 aromatic rings. The highest BCUT2D eigenvalue weighted by molar-refractivity contribution is 7.18. The molecule has 1 fully saturated rings. The molecule has 1 aliphatic heterocycles. The molecule has 2 heterocycles. The number of nitrogens with one attached hydrogen (secondary N) is 2. The highest BCUT2D eigenvalue weighted by Gasteiger charge is 2.26. The fourth-order valence-electron chi connectivity index (χ4n) is 2.36. The Morgan fingerprint density at radius 2 is 2.10 bits per heavy atom. The van der Waals surface area contributed by atoms with Gasteiger partial charge in [0, 0.05) is 33.6 Å². The Balaban J connectivity index is 1.90. The highest BCUT2D eigenvalue weighted by Crippen LogP contribution is 2.27. The Labute approximate surface area is 127 Å². The molecule has 0 spiro atoms. The van der Waals surface area contributed by atoms with Gasteiger partial charge in [0.05, 0.1) is 0 Å². The van der Waals surface area contributed by atoms with E-state index in [-0.39, 0.29) is 17.6 Å². The molecule has 0 unspecified atom stereocenters. The number of rotatable bonds is 4. The maximum Gasteiger partial charge on any atom is 0.267 e. The number of aromatic nitrogens is 1. The maximum absolute atomic E-state index is 12.4. The van der Waals surface area contributed by atoms with Crippen LogP contribution in [0.3, 0.4) is 0 Å². The third kappa shape index (κ3) is 3.84. The van der Waals surface area contributed by atoms with E-state index in [4.69, 9.17) is 5.73 Å². The van der Waals surface area contributed by atoms with Gasteiger partial charge in [0.15, 0.2) is 5.13 Å². The maximum atomic E-state index is 12.4. The molecule has 1 saturated heterocycles. The van der Waals surface area contributed by atoms with Crippen LogP contribution in [-0.4, -0.2) is 48.4 Å².